The molecule has 33 heavy (non-hydrogen) atoms. The summed E-state index contributed by atoms with van der Waals surface area (Å²) in [6, 6.07) is 5.03. The number of aryl methyl sites for hydroxylation is 2. The molecule has 1 aromatic rings. The highest BCUT2D eigenvalue weighted by Crippen LogP contribution is 2.46. The van der Waals surface area contributed by atoms with Gasteiger partial charge >= 0.3 is 0 Å². The molecule has 0 fully saturated rings. The predicted molar refractivity (Wildman–Crippen MR) is 155 cm³/mol. The number of unbranched alkanes of at least 4 members (excludes halogenated alkanes) is 4. The van der Waals surface area contributed by atoms with E-state index in [-0.39, 0.29) is 0 Å². The van der Waals surface area contributed by atoms with Crippen molar-refractivity contribution in [2.75, 3.05) is 7.11 Å². The molecule has 0 bridgehead atoms. The van der Waals surface area contributed by atoms with Crippen LogP contribution < -0.4 is 9.92 Å². The van der Waals surface area contributed by atoms with Crippen molar-refractivity contribution in [2.45, 2.75) is 124 Å². The Bertz CT molecular complexity index is 853. The minimum Gasteiger partial charge on any atom is -0.497 e. The van der Waals surface area contributed by atoms with Gasteiger partial charge in [-0.2, -0.15) is 0 Å². The standard InChI is InChI=1S/C30H52OSi2/c1-11-13-15-18-24-22-25(19-16-14-12-2)29(31-6)28(23-24)32(7,8)26-20-17-21-27(26)33(9,10)30(3,4)5/h17,21-23H,11-16,18-20H2,1-10H3. The third-order valence-corrected chi connectivity index (χ3v) is 18.0. The molecule has 0 radical (unpaired) electrons. The first kappa shape index (κ1) is 28.2. The lowest BCUT2D eigenvalue weighted by molar-refractivity contribution is 0.412. The molecule has 0 unspecified atom stereocenters. The number of methoxy groups -OCH3 is 1. The van der Waals surface area contributed by atoms with Gasteiger partial charge in [0.25, 0.3) is 0 Å². The minimum absolute atomic E-state index is 0.351. The molecule has 1 aromatic carbocycles. The molecule has 0 heterocycles. The van der Waals surface area contributed by atoms with Crippen LogP contribution in [0.2, 0.25) is 31.2 Å². The highest BCUT2D eigenvalue weighted by molar-refractivity contribution is 6.99. The van der Waals surface area contributed by atoms with Crippen molar-refractivity contribution in [3.05, 3.63) is 45.8 Å². The van der Waals surface area contributed by atoms with Crippen LogP contribution >= 0.6 is 0 Å². The SMILES string of the molecule is CCCCCc1cc(CCCCC)c(OC)c([Si](C)(C)C2=C([Si](C)(C)C(C)(C)C)C=CC2)c1. The summed E-state index contributed by atoms with van der Waals surface area (Å²) in [6.45, 7) is 22.3. The van der Waals surface area contributed by atoms with Crippen molar-refractivity contribution in [3.8, 4) is 5.75 Å². The average molecular weight is 485 g/mol. The van der Waals surface area contributed by atoms with E-state index in [1.807, 2.05) is 7.11 Å². The maximum atomic E-state index is 6.22. The van der Waals surface area contributed by atoms with E-state index < -0.39 is 16.1 Å². The molecular formula is C30H52OSi2. The van der Waals surface area contributed by atoms with E-state index in [2.05, 4.69) is 85.1 Å². The third-order valence-electron chi connectivity index (χ3n) is 8.46. The second-order valence-electron chi connectivity index (χ2n) is 12.2. The fourth-order valence-corrected chi connectivity index (χ4v) is 12.3. The zero-order valence-corrected chi connectivity index (χ0v) is 25.6. The van der Waals surface area contributed by atoms with Crippen LogP contribution in [0.3, 0.4) is 0 Å². The van der Waals surface area contributed by atoms with Crippen LogP contribution in [0.5, 0.6) is 5.75 Å². The molecule has 0 spiro atoms. The van der Waals surface area contributed by atoms with Gasteiger partial charge in [0.15, 0.2) is 0 Å². The van der Waals surface area contributed by atoms with Gasteiger partial charge < -0.3 is 4.74 Å². The molecule has 0 amide bonds. The van der Waals surface area contributed by atoms with Gasteiger partial charge in [-0.25, -0.2) is 0 Å². The molecule has 0 aromatic heterocycles. The molecule has 0 atom stereocenters. The van der Waals surface area contributed by atoms with Gasteiger partial charge in [-0.15, -0.1) is 0 Å². The molecule has 1 nitrogen and oxygen atoms in total. The normalized spacial score (nSPS) is 15.0. The van der Waals surface area contributed by atoms with Crippen molar-refractivity contribution in [2.24, 2.45) is 0 Å². The van der Waals surface area contributed by atoms with Crippen LogP contribution in [-0.2, 0) is 12.8 Å². The van der Waals surface area contributed by atoms with Gasteiger partial charge in [0.1, 0.15) is 13.8 Å². The fourth-order valence-electron chi connectivity index (χ4n) is 5.18. The molecule has 2 rings (SSSR count). The number of hydrogen-bond acceptors (Lipinski definition) is 1. The molecule has 0 N–H and O–H groups in total. The third kappa shape index (κ3) is 6.34. The van der Waals surface area contributed by atoms with E-state index >= 15 is 0 Å². The summed E-state index contributed by atoms with van der Waals surface area (Å²) in [5.41, 5.74) is 2.99. The van der Waals surface area contributed by atoms with Crippen molar-refractivity contribution in [1.29, 1.82) is 0 Å². The molecule has 0 aliphatic heterocycles. The quantitative estimate of drug-likeness (QED) is 0.212. The summed E-state index contributed by atoms with van der Waals surface area (Å²) in [5, 5.41) is 5.38. The lowest BCUT2D eigenvalue weighted by Crippen LogP contribution is -2.48. The van der Waals surface area contributed by atoms with Crippen LogP contribution in [0.4, 0.5) is 0 Å². The number of rotatable bonds is 12. The van der Waals surface area contributed by atoms with E-state index in [0.29, 0.717) is 5.04 Å². The second kappa shape index (κ2) is 11.6. The lowest BCUT2D eigenvalue weighted by Gasteiger charge is -2.41. The van der Waals surface area contributed by atoms with E-state index in [9.17, 15) is 0 Å². The van der Waals surface area contributed by atoms with Crippen LogP contribution in [0, 0.1) is 0 Å². The first-order valence-corrected chi connectivity index (χ1v) is 19.5. The van der Waals surface area contributed by atoms with Crippen molar-refractivity contribution in [1.82, 2.24) is 0 Å². The molecule has 186 valence electrons. The number of hydrogen-bond donors (Lipinski definition) is 0. The summed E-state index contributed by atoms with van der Waals surface area (Å²) in [5.74, 6) is 1.20. The van der Waals surface area contributed by atoms with Crippen LogP contribution in [-0.4, -0.2) is 23.3 Å². The van der Waals surface area contributed by atoms with Crippen LogP contribution in [0.1, 0.15) is 90.7 Å². The van der Waals surface area contributed by atoms with Crippen molar-refractivity contribution < 1.29 is 4.74 Å². The van der Waals surface area contributed by atoms with Crippen LogP contribution in [0.25, 0.3) is 0 Å². The van der Waals surface area contributed by atoms with Gasteiger partial charge in [0.05, 0.1) is 15.2 Å². The summed E-state index contributed by atoms with van der Waals surface area (Å²) in [7, 11) is -1.59. The fraction of sp³-hybridized carbons (Fsp3) is 0.667. The summed E-state index contributed by atoms with van der Waals surface area (Å²) in [4.78, 5) is 0. The summed E-state index contributed by atoms with van der Waals surface area (Å²) in [6.07, 6.45) is 16.1. The Labute approximate surface area is 208 Å². The maximum absolute atomic E-state index is 6.22. The number of ether oxygens (including phenoxy) is 1. The molecule has 1 aliphatic rings. The highest BCUT2D eigenvalue weighted by Gasteiger charge is 2.44. The van der Waals surface area contributed by atoms with Crippen molar-refractivity contribution in [3.63, 3.8) is 0 Å². The first-order valence-electron chi connectivity index (χ1n) is 13.5. The van der Waals surface area contributed by atoms with E-state index in [4.69, 9.17) is 4.74 Å². The Morgan fingerprint density at radius 2 is 1.48 bits per heavy atom. The zero-order valence-electron chi connectivity index (χ0n) is 23.6. The van der Waals surface area contributed by atoms with Gasteiger partial charge in [0.2, 0.25) is 0 Å². The van der Waals surface area contributed by atoms with E-state index in [0.717, 1.165) is 12.8 Å². The Morgan fingerprint density at radius 1 is 0.879 bits per heavy atom. The molecule has 3 heteroatoms. The molecular weight excluding hydrogens is 433 g/mol. The van der Waals surface area contributed by atoms with E-state index in [1.165, 1.54) is 61.8 Å². The minimum atomic E-state index is -1.89. The van der Waals surface area contributed by atoms with Gasteiger partial charge in [0, 0.05) is 0 Å². The predicted octanol–water partition coefficient (Wildman–Crippen LogP) is 8.92. The topological polar surface area (TPSA) is 9.23 Å². The average Bonchev–Trinajstić information content (AvgIpc) is 3.25. The zero-order chi connectivity index (χ0) is 24.9. The first-order chi connectivity index (χ1) is 15.4. The largest absolute Gasteiger partial charge is 0.497 e. The highest BCUT2D eigenvalue weighted by atomic mass is 28.3. The molecule has 0 saturated heterocycles. The molecule has 0 saturated carbocycles. The monoisotopic (exact) mass is 484 g/mol. The van der Waals surface area contributed by atoms with Gasteiger partial charge in [-0.05, 0) is 53.5 Å². The molecule has 1 aliphatic carbocycles. The maximum Gasteiger partial charge on any atom is 0.121 e. The summed E-state index contributed by atoms with van der Waals surface area (Å²) >= 11 is 0. The van der Waals surface area contributed by atoms with Gasteiger partial charge in [-0.3, -0.25) is 0 Å². The second-order valence-corrected chi connectivity index (χ2v) is 21.9. The Kier molecular flexibility index (Phi) is 9.88. The Balaban J connectivity index is 2.64. The number of allylic oxidation sites excluding steroid dienone is 4. The van der Waals surface area contributed by atoms with E-state index in [1.54, 1.807) is 15.6 Å². The lowest BCUT2D eigenvalue weighted by atomic mass is 10.00. The smallest absolute Gasteiger partial charge is 0.121 e. The Morgan fingerprint density at radius 3 is 2.03 bits per heavy atom. The van der Waals surface area contributed by atoms with Crippen molar-refractivity contribution >= 4 is 21.3 Å². The number of benzene rings is 1. The van der Waals surface area contributed by atoms with Gasteiger partial charge in [-0.1, -0.05) is 121 Å². The van der Waals surface area contributed by atoms with Crippen LogP contribution in [0.15, 0.2) is 34.7 Å². The summed E-state index contributed by atoms with van der Waals surface area (Å²) < 4.78 is 6.22. The Hall–Kier alpha value is -1.07.